The molecule has 0 spiro atoms. The zero-order valence-corrected chi connectivity index (χ0v) is 20.5. The molecule has 2 aromatic heterocycles. The van der Waals surface area contributed by atoms with E-state index < -0.39 is 0 Å². The molecule has 0 aliphatic rings. The lowest BCUT2D eigenvalue weighted by molar-refractivity contribution is -0.115. The molecule has 4 rings (SSSR count). The maximum Gasteiger partial charge on any atom is 0.230 e. The molecule has 0 N–H and O–H groups in total. The summed E-state index contributed by atoms with van der Waals surface area (Å²) >= 11 is 3.13. The van der Waals surface area contributed by atoms with Crippen molar-refractivity contribution in [2.45, 2.75) is 45.5 Å². The summed E-state index contributed by atoms with van der Waals surface area (Å²) in [5.74, 6) is 0.632. The van der Waals surface area contributed by atoms with Gasteiger partial charge in [0.1, 0.15) is 0 Å². The van der Waals surface area contributed by atoms with Gasteiger partial charge in [-0.15, -0.1) is 11.3 Å². The molecule has 164 valence electrons. The number of anilines is 2. The number of amides is 1. The van der Waals surface area contributed by atoms with E-state index in [4.69, 9.17) is 4.98 Å². The predicted octanol–water partition coefficient (Wildman–Crippen LogP) is 6.54. The first-order valence-electron chi connectivity index (χ1n) is 10.4. The Balaban J connectivity index is 1.53. The normalized spacial score (nSPS) is 11.0. The molecule has 0 fully saturated rings. The van der Waals surface area contributed by atoms with Crippen LogP contribution in [0.1, 0.15) is 34.9 Å². The minimum Gasteiger partial charge on any atom is -0.295 e. The maximum atomic E-state index is 12.5. The Morgan fingerprint density at radius 2 is 1.88 bits per heavy atom. The highest BCUT2D eigenvalue weighted by atomic mass is 32.2. The predicted molar refractivity (Wildman–Crippen MR) is 133 cm³/mol. The van der Waals surface area contributed by atoms with Crippen LogP contribution in [-0.2, 0) is 10.5 Å². The van der Waals surface area contributed by atoms with Crippen LogP contribution in [0.4, 0.5) is 10.8 Å². The van der Waals surface area contributed by atoms with E-state index in [0.717, 1.165) is 27.8 Å². The van der Waals surface area contributed by atoms with Crippen LogP contribution in [-0.4, -0.2) is 20.4 Å². The molecule has 32 heavy (non-hydrogen) atoms. The summed E-state index contributed by atoms with van der Waals surface area (Å²) in [7, 11) is 0. The molecule has 0 radical (unpaired) electrons. The number of hydrogen-bond acceptors (Lipinski definition) is 5. The third-order valence-electron chi connectivity index (χ3n) is 5.36. The van der Waals surface area contributed by atoms with Crippen LogP contribution >= 0.6 is 23.1 Å². The van der Waals surface area contributed by atoms with Gasteiger partial charge in [0.15, 0.2) is 10.3 Å². The van der Waals surface area contributed by atoms with Crippen LogP contribution in [0.2, 0.25) is 0 Å². The number of thiazole rings is 1. The first-order chi connectivity index (χ1) is 15.3. The minimum absolute atomic E-state index is 0.0456. The van der Waals surface area contributed by atoms with E-state index in [-0.39, 0.29) is 5.91 Å². The van der Waals surface area contributed by atoms with Crippen molar-refractivity contribution in [1.82, 2.24) is 14.5 Å². The second-order valence-corrected chi connectivity index (χ2v) is 9.68. The van der Waals surface area contributed by atoms with Gasteiger partial charge in [-0.1, -0.05) is 35.5 Å². The smallest absolute Gasteiger partial charge is 0.230 e. The van der Waals surface area contributed by atoms with E-state index in [9.17, 15) is 4.79 Å². The van der Waals surface area contributed by atoms with Crippen LogP contribution in [0.3, 0.4) is 0 Å². The van der Waals surface area contributed by atoms with Gasteiger partial charge >= 0.3 is 0 Å². The van der Waals surface area contributed by atoms with Crippen LogP contribution in [0, 0.1) is 27.7 Å². The Morgan fingerprint density at radius 3 is 2.59 bits per heavy atom. The molecule has 5 nitrogen and oxygen atoms in total. The van der Waals surface area contributed by atoms with E-state index in [0.29, 0.717) is 10.9 Å². The van der Waals surface area contributed by atoms with Gasteiger partial charge in [-0.3, -0.25) is 14.3 Å². The van der Waals surface area contributed by atoms with Crippen LogP contribution < -0.4 is 4.90 Å². The average molecular weight is 463 g/mol. The lowest BCUT2D eigenvalue weighted by atomic mass is 10.1. The Hall–Kier alpha value is -2.90. The van der Waals surface area contributed by atoms with Crippen LogP contribution in [0.5, 0.6) is 0 Å². The molecule has 0 saturated carbocycles. The second-order valence-electron chi connectivity index (χ2n) is 7.90. The highest BCUT2D eigenvalue weighted by Crippen LogP contribution is 2.33. The zero-order valence-electron chi connectivity index (χ0n) is 18.9. The van der Waals surface area contributed by atoms with Crippen molar-refractivity contribution in [3.8, 4) is 5.69 Å². The topological polar surface area (TPSA) is 51.0 Å². The van der Waals surface area contributed by atoms with Gasteiger partial charge < -0.3 is 0 Å². The fourth-order valence-corrected chi connectivity index (χ4v) is 5.39. The fraction of sp³-hybridized carbons (Fsp3) is 0.240. The maximum absolute atomic E-state index is 12.5. The Labute approximate surface area is 197 Å². The monoisotopic (exact) mass is 462 g/mol. The van der Waals surface area contributed by atoms with Gasteiger partial charge in [0.05, 0.1) is 11.4 Å². The molecule has 0 saturated heterocycles. The SMILES string of the molecule is CC(=O)N(c1nc(CSc2nccn2-c2ccc(C)c(C)c2)cs1)c1ccc(C)cc1C. The zero-order chi connectivity index (χ0) is 22.8. The summed E-state index contributed by atoms with van der Waals surface area (Å²) in [4.78, 5) is 23.5. The van der Waals surface area contributed by atoms with Gasteiger partial charge in [-0.25, -0.2) is 9.97 Å². The van der Waals surface area contributed by atoms with E-state index in [1.165, 1.54) is 28.0 Å². The number of hydrogen-bond donors (Lipinski definition) is 0. The largest absolute Gasteiger partial charge is 0.295 e. The molecular formula is C25H26N4OS2. The Morgan fingerprint density at radius 1 is 1.06 bits per heavy atom. The number of thioether (sulfide) groups is 1. The quantitative estimate of drug-likeness (QED) is 0.305. The van der Waals surface area contributed by atoms with Crippen molar-refractivity contribution in [3.05, 3.63) is 82.1 Å². The van der Waals surface area contributed by atoms with Gasteiger partial charge in [0.2, 0.25) is 5.91 Å². The first-order valence-corrected chi connectivity index (χ1v) is 12.3. The van der Waals surface area contributed by atoms with Gasteiger partial charge in [0, 0.05) is 36.1 Å². The number of carbonyl (C=O) groups is 1. The lowest BCUT2D eigenvalue weighted by Crippen LogP contribution is -2.23. The lowest BCUT2D eigenvalue weighted by Gasteiger charge is -2.20. The van der Waals surface area contributed by atoms with E-state index in [2.05, 4.69) is 54.6 Å². The van der Waals surface area contributed by atoms with Crippen molar-refractivity contribution in [3.63, 3.8) is 0 Å². The van der Waals surface area contributed by atoms with E-state index >= 15 is 0 Å². The summed E-state index contributed by atoms with van der Waals surface area (Å²) in [6.07, 6.45) is 3.80. The number of rotatable bonds is 6. The van der Waals surface area contributed by atoms with Crippen molar-refractivity contribution in [2.24, 2.45) is 0 Å². The number of aryl methyl sites for hydroxylation is 4. The van der Waals surface area contributed by atoms with Gasteiger partial charge in [0.25, 0.3) is 0 Å². The number of carbonyl (C=O) groups excluding carboxylic acids is 1. The summed E-state index contributed by atoms with van der Waals surface area (Å²) in [5, 5.41) is 3.63. The molecule has 4 aromatic rings. The number of nitrogens with zero attached hydrogens (tertiary/aromatic N) is 4. The van der Waals surface area contributed by atoms with Crippen molar-refractivity contribution in [1.29, 1.82) is 0 Å². The fourth-order valence-electron chi connectivity index (χ4n) is 3.54. The molecule has 0 bridgehead atoms. The average Bonchev–Trinajstić information content (AvgIpc) is 3.40. The number of benzene rings is 2. The van der Waals surface area contributed by atoms with Crippen LogP contribution in [0.25, 0.3) is 5.69 Å². The highest BCUT2D eigenvalue weighted by Gasteiger charge is 2.20. The Bertz CT molecular complexity index is 1270. The molecule has 0 aliphatic carbocycles. The minimum atomic E-state index is -0.0456. The summed E-state index contributed by atoms with van der Waals surface area (Å²) in [5.41, 5.74) is 7.67. The molecule has 1 amide bonds. The third-order valence-corrected chi connectivity index (χ3v) is 7.24. The van der Waals surface area contributed by atoms with E-state index in [1.807, 2.05) is 36.8 Å². The summed E-state index contributed by atoms with van der Waals surface area (Å²) in [6, 6.07) is 12.5. The molecular weight excluding hydrogens is 436 g/mol. The van der Waals surface area contributed by atoms with Crippen molar-refractivity contribution in [2.75, 3.05) is 4.90 Å². The number of imidazole rings is 1. The molecule has 0 aliphatic heterocycles. The summed E-state index contributed by atoms with van der Waals surface area (Å²) < 4.78 is 2.10. The standard InChI is InChI=1S/C25H26N4OS2/c1-16-6-9-23(19(4)12-16)29(20(5)30)25-27-21(15-32-25)14-31-24-26-10-11-28(24)22-8-7-17(2)18(3)13-22/h6-13,15H,14H2,1-5H3. The Kier molecular flexibility index (Phi) is 6.48. The van der Waals surface area contributed by atoms with Crippen molar-refractivity contribution < 1.29 is 4.79 Å². The van der Waals surface area contributed by atoms with E-state index in [1.54, 1.807) is 23.6 Å². The molecule has 7 heteroatoms. The van der Waals surface area contributed by atoms with Gasteiger partial charge in [-0.05, 0) is 62.6 Å². The van der Waals surface area contributed by atoms with Crippen LogP contribution in [0.15, 0.2) is 59.3 Å². The highest BCUT2D eigenvalue weighted by molar-refractivity contribution is 7.98. The molecule has 0 atom stereocenters. The molecule has 2 aromatic carbocycles. The molecule has 0 unspecified atom stereocenters. The second kappa shape index (κ2) is 9.30. The van der Waals surface area contributed by atoms with Gasteiger partial charge in [-0.2, -0.15) is 0 Å². The molecule has 2 heterocycles. The number of aromatic nitrogens is 3. The van der Waals surface area contributed by atoms with Crippen molar-refractivity contribution >= 4 is 39.8 Å². The first kappa shape index (κ1) is 22.3. The summed E-state index contributed by atoms with van der Waals surface area (Å²) in [6.45, 7) is 9.89. The third kappa shape index (κ3) is 4.64.